The smallest absolute Gasteiger partial charge is 0.389 e. The lowest BCUT2D eigenvalue weighted by Gasteiger charge is -2.37. The summed E-state index contributed by atoms with van der Waals surface area (Å²) < 4.78 is 59.8. The molecule has 4 rings (SSSR count). The van der Waals surface area contributed by atoms with Crippen LogP contribution in [0.3, 0.4) is 0 Å². The number of aromatic amines is 1. The van der Waals surface area contributed by atoms with Crippen LogP contribution in [0.1, 0.15) is 44.4 Å². The largest absolute Gasteiger partial charge is 0.493 e. The number of aromatic nitrogens is 6. The first kappa shape index (κ1) is 25.1. The first-order chi connectivity index (χ1) is 17.0. The number of rotatable bonds is 8. The second-order valence-corrected chi connectivity index (χ2v) is 8.47. The zero-order valence-corrected chi connectivity index (χ0v) is 19.4. The van der Waals surface area contributed by atoms with E-state index in [0.717, 1.165) is 10.7 Å². The molecule has 1 aliphatic heterocycles. The molecule has 14 heteroatoms. The van der Waals surface area contributed by atoms with E-state index in [2.05, 4.69) is 25.9 Å². The summed E-state index contributed by atoms with van der Waals surface area (Å²) in [5, 5.41) is 16.5. The first-order valence-corrected chi connectivity index (χ1v) is 11.1. The zero-order chi connectivity index (χ0) is 26.1. The van der Waals surface area contributed by atoms with Crippen LogP contribution in [0, 0.1) is 5.82 Å². The van der Waals surface area contributed by atoms with Crippen LogP contribution in [0.25, 0.3) is 11.3 Å². The summed E-state index contributed by atoms with van der Waals surface area (Å²) in [6, 6.07) is 5.57. The predicted molar refractivity (Wildman–Crippen MR) is 119 cm³/mol. The van der Waals surface area contributed by atoms with Crippen molar-refractivity contribution in [2.24, 2.45) is 0 Å². The summed E-state index contributed by atoms with van der Waals surface area (Å²) in [6.45, 7) is 3.84. The van der Waals surface area contributed by atoms with Gasteiger partial charge in [-0.05, 0) is 42.8 Å². The number of benzene rings is 1. The third kappa shape index (κ3) is 5.16. The summed E-state index contributed by atoms with van der Waals surface area (Å²) in [7, 11) is 0. The van der Waals surface area contributed by atoms with E-state index in [9.17, 15) is 22.8 Å². The summed E-state index contributed by atoms with van der Waals surface area (Å²) >= 11 is 0. The van der Waals surface area contributed by atoms with Gasteiger partial charge in [-0.15, -0.1) is 0 Å². The highest BCUT2D eigenvalue weighted by Gasteiger charge is 2.41. The van der Waals surface area contributed by atoms with Crippen molar-refractivity contribution in [3.8, 4) is 5.75 Å². The molecular formula is C22H23F4N7O3. The molecular weight excluding hydrogens is 486 g/mol. The van der Waals surface area contributed by atoms with Gasteiger partial charge in [-0.25, -0.2) is 14.3 Å². The fourth-order valence-electron chi connectivity index (χ4n) is 4.07. The van der Waals surface area contributed by atoms with Crippen LogP contribution in [0.2, 0.25) is 0 Å². The third-order valence-electron chi connectivity index (χ3n) is 5.79. The predicted octanol–water partition coefficient (Wildman–Crippen LogP) is 2.85. The number of aryl methyl sites for hydroxylation is 1. The summed E-state index contributed by atoms with van der Waals surface area (Å²) in [6.07, 6.45) is -3.79. The molecule has 0 radical (unpaired) electrons. The number of hydrogen-bond donors (Lipinski definition) is 2. The Bertz CT molecular complexity index is 1360. The Hall–Kier alpha value is -3.97. The Morgan fingerprint density at radius 2 is 2.00 bits per heavy atom. The highest BCUT2D eigenvalue weighted by atomic mass is 19.4. The molecule has 0 spiro atoms. The molecule has 3 aromatic rings. The Kier molecular flexibility index (Phi) is 6.69. The minimum absolute atomic E-state index is 0.0524. The van der Waals surface area contributed by atoms with Gasteiger partial charge in [-0.3, -0.25) is 9.48 Å². The van der Waals surface area contributed by atoms with Crippen LogP contribution in [0.5, 0.6) is 5.75 Å². The van der Waals surface area contributed by atoms with Crippen molar-refractivity contribution >= 4 is 17.2 Å². The average Bonchev–Trinajstić information content (AvgIpc) is 3.44. The molecule has 0 bridgehead atoms. The van der Waals surface area contributed by atoms with Crippen molar-refractivity contribution in [1.82, 2.24) is 35.3 Å². The highest BCUT2D eigenvalue weighted by Crippen LogP contribution is 2.40. The molecule has 0 aliphatic carbocycles. The quantitative estimate of drug-likeness (QED) is 0.356. The maximum atomic E-state index is 15.2. The first-order valence-electron chi connectivity index (χ1n) is 11.1. The fourth-order valence-corrected chi connectivity index (χ4v) is 4.07. The van der Waals surface area contributed by atoms with Crippen molar-refractivity contribution in [2.45, 2.75) is 51.4 Å². The second-order valence-electron chi connectivity index (χ2n) is 8.47. The SMILES string of the molecule is CCn1ccc(C2=C(n3nn[nH]c3=O)C(=O)N[C@](C)(c3ccc(OCCCC(F)(F)F)cc3F)C2)n1. The number of H-pyrrole nitrogens is 1. The lowest BCUT2D eigenvalue weighted by molar-refractivity contribution is -0.136. The molecule has 1 aliphatic rings. The van der Waals surface area contributed by atoms with Crippen LogP contribution < -0.4 is 15.7 Å². The molecule has 0 fully saturated rings. The Labute approximate surface area is 201 Å². The molecule has 192 valence electrons. The van der Waals surface area contributed by atoms with Gasteiger partial charge in [0, 0.05) is 42.8 Å². The molecule has 2 N–H and O–H groups in total. The van der Waals surface area contributed by atoms with E-state index in [1.807, 2.05) is 6.92 Å². The van der Waals surface area contributed by atoms with Gasteiger partial charge in [-0.1, -0.05) is 6.07 Å². The number of ether oxygens (including phenoxy) is 1. The number of carbonyl (C=O) groups is 1. The van der Waals surface area contributed by atoms with Crippen LogP contribution >= 0.6 is 0 Å². The van der Waals surface area contributed by atoms with E-state index in [-0.39, 0.29) is 36.5 Å². The maximum Gasteiger partial charge on any atom is 0.389 e. The van der Waals surface area contributed by atoms with Crippen molar-refractivity contribution < 1.29 is 27.1 Å². The summed E-state index contributed by atoms with van der Waals surface area (Å²) in [5.74, 6) is -1.34. The maximum absolute atomic E-state index is 15.2. The number of nitrogens with one attached hydrogen (secondary N) is 2. The van der Waals surface area contributed by atoms with Crippen LogP contribution in [-0.2, 0) is 16.9 Å². The molecule has 2 aromatic heterocycles. The number of carbonyl (C=O) groups excluding carboxylic acids is 1. The monoisotopic (exact) mass is 509 g/mol. The van der Waals surface area contributed by atoms with Gasteiger partial charge >= 0.3 is 11.9 Å². The molecule has 0 saturated heterocycles. The van der Waals surface area contributed by atoms with E-state index < -0.39 is 35.6 Å². The minimum Gasteiger partial charge on any atom is -0.493 e. The topological polar surface area (TPSA) is 120 Å². The van der Waals surface area contributed by atoms with Crippen molar-refractivity contribution in [3.05, 3.63) is 58.0 Å². The lowest BCUT2D eigenvalue weighted by Crippen LogP contribution is -2.49. The molecule has 10 nitrogen and oxygen atoms in total. The minimum atomic E-state index is -4.29. The summed E-state index contributed by atoms with van der Waals surface area (Å²) in [4.78, 5) is 25.4. The Morgan fingerprint density at radius 1 is 1.22 bits per heavy atom. The van der Waals surface area contributed by atoms with Gasteiger partial charge in [0.1, 0.15) is 17.3 Å². The van der Waals surface area contributed by atoms with E-state index in [4.69, 9.17) is 4.74 Å². The Balaban J connectivity index is 1.66. The van der Waals surface area contributed by atoms with Gasteiger partial charge in [0.05, 0.1) is 17.8 Å². The third-order valence-corrected chi connectivity index (χ3v) is 5.79. The van der Waals surface area contributed by atoms with Crippen molar-refractivity contribution in [1.29, 1.82) is 0 Å². The van der Waals surface area contributed by atoms with E-state index >= 15 is 4.39 Å². The van der Waals surface area contributed by atoms with Gasteiger partial charge in [0.2, 0.25) is 0 Å². The van der Waals surface area contributed by atoms with Gasteiger partial charge in [0.25, 0.3) is 5.91 Å². The zero-order valence-electron chi connectivity index (χ0n) is 19.4. The number of nitrogens with zero attached hydrogens (tertiary/aromatic N) is 5. The van der Waals surface area contributed by atoms with Gasteiger partial charge in [-0.2, -0.15) is 23.0 Å². The Morgan fingerprint density at radius 3 is 2.61 bits per heavy atom. The van der Waals surface area contributed by atoms with Crippen LogP contribution in [0.4, 0.5) is 17.6 Å². The lowest BCUT2D eigenvalue weighted by atomic mass is 9.80. The van der Waals surface area contributed by atoms with Crippen molar-refractivity contribution in [3.63, 3.8) is 0 Å². The highest BCUT2D eigenvalue weighted by molar-refractivity contribution is 6.22. The second kappa shape index (κ2) is 9.59. The number of tetrazole rings is 1. The molecule has 0 unspecified atom stereocenters. The molecule has 1 amide bonds. The number of halogens is 4. The molecule has 0 saturated carbocycles. The fraction of sp³-hybridized carbons (Fsp3) is 0.409. The van der Waals surface area contributed by atoms with E-state index in [0.29, 0.717) is 17.8 Å². The van der Waals surface area contributed by atoms with Crippen LogP contribution in [0.15, 0.2) is 35.3 Å². The summed E-state index contributed by atoms with van der Waals surface area (Å²) in [5.41, 5.74) is -1.17. The molecule has 1 atom stereocenters. The number of amides is 1. The molecule has 36 heavy (non-hydrogen) atoms. The van der Waals surface area contributed by atoms with Crippen LogP contribution in [-0.4, -0.2) is 48.7 Å². The van der Waals surface area contributed by atoms with E-state index in [1.165, 1.54) is 12.1 Å². The van der Waals surface area contributed by atoms with E-state index in [1.54, 1.807) is 23.9 Å². The molecule has 3 heterocycles. The molecule has 1 aromatic carbocycles. The average molecular weight is 509 g/mol. The number of hydrogen-bond acceptors (Lipinski definition) is 6. The standard InChI is InChI=1S/C22H23F4N7O3/c1-3-32-9-7-17(29-32)14-12-21(2,27-19(34)18(14)33-20(35)28-30-31-33)15-6-5-13(11-16(15)23)36-10-4-8-22(24,25)26/h5-7,9,11H,3-4,8,10,12H2,1-2H3,(H,27,34)(H,28,31,35)/t21-/m0/s1. The van der Waals surface area contributed by atoms with Gasteiger partial charge < -0.3 is 10.1 Å². The normalized spacial score (nSPS) is 18.4. The number of alkyl halides is 3. The van der Waals surface area contributed by atoms with Crippen molar-refractivity contribution in [2.75, 3.05) is 6.61 Å². The van der Waals surface area contributed by atoms with Gasteiger partial charge in [0.15, 0.2) is 0 Å².